The molecular weight excluding hydrogens is 430 g/mol. The van der Waals surface area contributed by atoms with Crippen molar-refractivity contribution in [3.05, 3.63) is 48.4 Å². The van der Waals surface area contributed by atoms with E-state index in [1.165, 1.54) is 81.2 Å². The molecule has 190 valence electrons. The summed E-state index contributed by atoms with van der Waals surface area (Å²) in [7, 11) is 2.07. The van der Waals surface area contributed by atoms with Crippen LogP contribution in [0.2, 0.25) is 0 Å². The number of piperidine rings is 1. The number of unbranched alkanes of at least 4 members (excludes halogenated alkanes) is 1. The first kappa shape index (κ1) is 24.4. The highest BCUT2D eigenvalue weighted by molar-refractivity contribution is 5.86. The SMILES string of the molecule is C=C1CCC(c2nn(C)c3cc(N4CCN(CCCCC5CCC(C)CC5)CC4)ccc23)C(=C)N1. The smallest absolute Gasteiger partial charge is 0.0792 e. The van der Waals surface area contributed by atoms with Gasteiger partial charge in [0.1, 0.15) is 0 Å². The minimum absolute atomic E-state index is 0.250. The number of hydrogen-bond acceptors (Lipinski definition) is 4. The lowest BCUT2D eigenvalue weighted by atomic mass is 9.81. The largest absolute Gasteiger partial charge is 0.369 e. The summed E-state index contributed by atoms with van der Waals surface area (Å²) in [5.74, 6) is 2.23. The van der Waals surface area contributed by atoms with Crippen LogP contribution >= 0.6 is 0 Å². The zero-order chi connectivity index (χ0) is 24.4. The van der Waals surface area contributed by atoms with Crippen LogP contribution in [0.15, 0.2) is 42.8 Å². The average Bonchev–Trinajstić information content (AvgIpc) is 3.19. The van der Waals surface area contributed by atoms with Crippen molar-refractivity contribution in [3.8, 4) is 0 Å². The highest BCUT2D eigenvalue weighted by Gasteiger charge is 2.26. The van der Waals surface area contributed by atoms with Crippen molar-refractivity contribution in [1.29, 1.82) is 0 Å². The second kappa shape index (κ2) is 10.8. The van der Waals surface area contributed by atoms with E-state index in [0.29, 0.717) is 0 Å². The molecule has 3 heterocycles. The van der Waals surface area contributed by atoms with E-state index < -0.39 is 0 Å². The zero-order valence-electron chi connectivity index (χ0n) is 22.1. The molecule has 0 bridgehead atoms. The lowest BCUT2D eigenvalue weighted by molar-refractivity contribution is 0.238. The Labute approximate surface area is 212 Å². The average molecular weight is 476 g/mol. The number of hydrogen-bond donors (Lipinski definition) is 1. The highest BCUT2D eigenvalue weighted by Crippen LogP contribution is 2.37. The Bertz CT molecular complexity index is 1040. The molecule has 1 atom stereocenters. The number of nitrogens with one attached hydrogen (secondary N) is 1. The molecule has 1 unspecified atom stereocenters. The van der Waals surface area contributed by atoms with Gasteiger partial charge in [0.25, 0.3) is 0 Å². The first-order chi connectivity index (χ1) is 17.0. The van der Waals surface area contributed by atoms with Crippen molar-refractivity contribution in [2.24, 2.45) is 18.9 Å². The van der Waals surface area contributed by atoms with Crippen LogP contribution in [0.5, 0.6) is 0 Å². The number of rotatable bonds is 7. The number of aryl methyl sites for hydroxylation is 1. The molecule has 1 N–H and O–H groups in total. The summed E-state index contributed by atoms with van der Waals surface area (Å²) in [6.45, 7) is 16.6. The molecule has 1 saturated carbocycles. The maximum absolute atomic E-state index is 4.93. The predicted octanol–water partition coefficient (Wildman–Crippen LogP) is 6.19. The second-order valence-corrected chi connectivity index (χ2v) is 11.5. The minimum Gasteiger partial charge on any atom is -0.369 e. The number of piperazine rings is 1. The van der Waals surface area contributed by atoms with E-state index in [-0.39, 0.29) is 5.92 Å². The van der Waals surface area contributed by atoms with E-state index in [9.17, 15) is 0 Å². The van der Waals surface area contributed by atoms with Crippen LogP contribution in [0.3, 0.4) is 0 Å². The molecule has 2 aliphatic heterocycles. The van der Waals surface area contributed by atoms with E-state index in [1.54, 1.807) is 0 Å². The van der Waals surface area contributed by atoms with Gasteiger partial charge in [-0.15, -0.1) is 0 Å². The summed E-state index contributed by atoms with van der Waals surface area (Å²) < 4.78 is 2.05. The number of anilines is 1. The van der Waals surface area contributed by atoms with Crippen LogP contribution in [-0.2, 0) is 7.05 Å². The maximum atomic E-state index is 4.93. The number of benzene rings is 1. The first-order valence-electron chi connectivity index (χ1n) is 14.1. The predicted molar refractivity (Wildman–Crippen MR) is 148 cm³/mol. The fourth-order valence-electron chi connectivity index (χ4n) is 6.51. The van der Waals surface area contributed by atoms with Gasteiger partial charge in [-0.25, -0.2) is 0 Å². The third-order valence-corrected chi connectivity index (χ3v) is 8.90. The molecule has 0 radical (unpaired) electrons. The van der Waals surface area contributed by atoms with Crippen LogP contribution in [0, 0.1) is 11.8 Å². The molecule has 2 aromatic rings. The fourth-order valence-corrected chi connectivity index (χ4v) is 6.51. The van der Waals surface area contributed by atoms with Crippen molar-refractivity contribution >= 4 is 16.6 Å². The monoisotopic (exact) mass is 475 g/mol. The van der Waals surface area contributed by atoms with Gasteiger partial charge in [-0.1, -0.05) is 58.6 Å². The zero-order valence-corrected chi connectivity index (χ0v) is 22.1. The standard InChI is InChI=1S/C30H45N5/c1-22-8-11-25(12-9-22)7-5-6-16-34-17-19-35(20-18-34)26-13-15-28-29(21-26)33(4)32-30(28)27-14-10-23(2)31-24(27)3/h13,15,21-22,25,27,31H,2-3,5-12,14,16-20H2,1,4H3. The van der Waals surface area contributed by atoms with Crippen LogP contribution in [-0.4, -0.2) is 47.4 Å². The molecule has 5 rings (SSSR count). The summed E-state index contributed by atoms with van der Waals surface area (Å²) in [5.41, 5.74) is 5.77. The molecule has 1 aliphatic carbocycles. The van der Waals surface area contributed by atoms with Gasteiger partial charge in [0, 0.05) is 61.6 Å². The molecule has 3 aliphatic rings. The van der Waals surface area contributed by atoms with Crippen molar-refractivity contribution in [2.75, 3.05) is 37.6 Å². The molecule has 35 heavy (non-hydrogen) atoms. The molecule has 3 fully saturated rings. The molecule has 1 aromatic carbocycles. The summed E-state index contributed by atoms with van der Waals surface area (Å²) >= 11 is 0. The second-order valence-electron chi connectivity index (χ2n) is 11.5. The van der Waals surface area contributed by atoms with E-state index in [0.717, 1.165) is 54.9 Å². The Kier molecular flexibility index (Phi) is 7.52. The van der Waals surface area contributed by atoms with Crippen molar-refractivity contribution in [2.45, 2.75) is 70.6 Å². The summed E-state index contributed by atoms with van der Waals surface area (Å²) in [5, 5.41) is 9.53. The van der Waals surface area contributed by atoms with Crippen LogP contribution in [0.4, 0.5) is 5.69 Å². The number of aromatic nitrogens is 2. The quantitative estimate of drug-likeness (QED) is 0.485. The molecule has 1 aromatic heterocycles. The van der Waals surface area contributed by atoms with Gasteiger partial charge in [0.05, 0.1) is 11.2 Å². The fraction of sp³-hybridized carbons (Fsp3) is 0.633. The molecular formula is C30H45N5. The van der Waals surface area contributed by atoms with Crippen LogP contribution in [0.25, 0.3) is 10.9 Å². The molecule has 0 amide bonds. The van der Waals surface area contributed by atoms with Gasteiger partial charge in [0.15, 0.2) is 0 Å². The maximum Gasteiger partial charge on any atom is 0.0792 e. The van der Waals surface area contributed by atoms with Gasteiger partial charge < -0.3 is 10.2 Å². The van der Waals surface area contributed by atoms with E-state index in [2.05, 4.69) is 60.4 Å². The lowest BCUT2D eigenvalue weighted by Gasteiger charge is -2.36. The summed E-state index contributed by atoms with van der Waals surface area (Å²) in [4.78, 5) is 5.23. The molecule has 2 saturated heterocycles. The minimum atomic E-state index is 0.250. The molecule has 0 spiro atoms. The van der Waals surface area contributed by atoms with E-state index >= 15 is 0 Å². The first-order valence-corrected chi connectivity index (χ1v) is 14.1. The van der Waals surface area contributed by atoms with Crippen molar-refractivity contribution in [1.82, 2.24) is 20.0 Å². The number of allylic oxidation sites excluding steroid dienone is 2. The topological polar surface area (TPSA) is 36.3 Å². The van der Waals surface area contributed by atoms with Gasteiger partial charge in [0.2, 0.25) is 0 Å². The van der Waals surface area contributed by atoms with E-state index in [1.807, 2.05) is 4.68 Å². The molecule has 5 heteroatoms. The molecule has 5 nitrogen and oxygen atoms in total. The van der Waals surface area contributed by atoms with Crippen LogP contribution < -0.4 is 10.2 Å². The van der Waals surface area contributed by atoms with Crippen LogP contribution in [0.1, 0.15) is 76.3 Å². The Morgan fingerprint density at radius 1 is 1.00 bits per heavy atom. The van der Waals surface area contributed by atoms with Gasteiger partial charge in [-0.3, -0.25) is 9.58 Å². The Hall–Kier alpha value is -2.27. The Morgan fingerprint density at radius 3 is 2.51 bits per heavy atom. The lowest BCUT2D eigenvalue weighted by Crippen LogP contribution is -2.46. The van der Waals surface area contributed by atoms with Crippen molar-refractivity contribution < 1.29 is 0 Å². The third-order valence-electron chi connectivity index (χ3n) is 8.90. The van der Waals surface area contributed by atoms with Gasteiger partial charge in [-0.05, 0) is 55.8 Å². The summed E-state index contributed by atoms with van der Waals surface area (Å²) in [6, 6.07) is 6.92. The highest BCUT2D eigenvalue weighted by atomic mass is 15.3. The van der Waals surface area contributed by atoms with E-state index in [4.69, 9.17) is 5.10 Å². The number of nitrogens with zero attached hydrogens (tertiary/aromatic N) is 4. The summed E-state index contributed by atoms with van der Waals surface area (Å²) in [6.07, 6.45) is 12.1. The Balaban J connectivity index is 1.13. The van der Waals surface area contributed by atoms with Gasteiger partial charge in [-0.2, -0.15) is 5.10 Å². The Morgan fingerprint density at radius 2 is 1.77 bits per heavy atom. The third kappa shape index (κ3) is 5.61. The number of fused-ring (bicyclic) bond motifs is 1. The van der Waals surface area contributed by atoms with Crippen molar-refractivity contribution in [3.63, 3.8) is 0 Å². The van der Waals surface area contributed by atoms with Gasteiger partial charge >= 0.3 is 0 Å². The normalized spacial score (nSPS) is 26.3.